The van der Waals surface area contributed by atoms with E-state index in [1.54, 1.807) is 0 Å². The first-order valence-electron chi connectivity index (χ1n) is 19.9. The molecule has 0 aromatic carbocycles. The van der Waals surface area contributed by atoms with E-state index in [9.17, 15) is 15.0 Å². The Morgan fingerprint density at radius 1 is 0.523 bits per heavy atom. The first-order chi connectivity index (χ1) is 21.7. The number of rotatable bonds is 36. The van der Waals surface area contributed by atoms with Gasteiger partial charge in [0.25, 0.3) is 0 Å². The lowest BCUT2D eigenvalue weighted by atomic mass is 10.0. The van der Waals surface area contributed by atoms with E-state index in [2.05, 4.69) is 31.3 Å². The van der Waals surface area contributed by atoms with E-state index in [-0.39, 0.29) is 12.5 Å². The van der Waals surface area contributed by atoms with Crippen molar-refractivity contribution in [1.82, 2.24) is 5.32 Å². The lowest BCUT2D eigenvalue weighted by Gasteiger charge is -2.22. The molecule has 0 rings (SSSR count). The van der Waals surface area contributed by atoms with Crippen LogP contribution < -0.4 is 5.32 Å². The molecule has 1 amide bonds. The molecule has 44 heavy (non-hydrogen) atoms. The predicted molar refractivity (Wildman–Crippen MR) is 193 cm³/mol. The van der Waals surface area contributed by atoms with Crippen molar-refractivity contribution in [3.8, 4) is 0 Å². The lowest BCUT2D eigenvalue weighted by molar-refractivity contribution is -0.123. The Bertz CT molecular complexity index is 593. The van der Waals surface area contributed by atoms with Crippen LogP contribution in [0.15, 0.2) is 12.2 Å². The minimum Gasteiger partial charge on any atom is -0.394 e. The molecular weight excluding hydrogens is 542 g/mol. The highest BCUT2D eigenvalue weighted by Gasteiger charge is 2.19. The van der Waals surface area contributed by atoms with Gasteiger partial charge in [0, 0.05) is 6.42 Å². The summed E-state index contributed by atoms with van der Waals surface area (Å²) in [6, 6.07) is -0.546. The van der Waals surface area contributed by atoms with Crippen molar-refractivity contribution in [2.45, 2.75) is 231 Å². The SMILES string of the molecule is CCCCCCCC/C=C/CCCC[C@@H](O)[C@H](CO)NC(=O)CCCCCCCCCCCCCCCCCCCCCC. The summed E-state index contributed by atoms with van der Waals surface area (Å²) in [5.41, 5.74) is 0. The quantitative estimate of drug-likeness (QED) is 0.0481. The van der Waals surface area contributed by atoms with Gasteiger partial charge in [0.15, 0.2) is 0 Å². The molecule has 2 atom stereocenters. The molecular formula is C40H79NO3. The summed E-state index contributed by atoms with van der Waals surface area (Å²) in [5, 5.41) is 23.0. The molecule has 0 fully saturated rings. The molecule has 0 saturated carbocycles. The van der Waals surface area contributed by atoms with Crippen LogP contribution in [-0.2, 0) is 4.79 Å². The van der Waals surface area contributed by atoms with Gasteiger partial charge in [0.2, 0.25) is 5.91 Å². The molecule has 0 unspecified atom stereocenters. The van der Waals surface area contributed by atoms with E-state index in [1.165, 1.54) is 161 Å². The number of carbonyl (C=O) groups is 1. The van der Waals surface area contributed by atoms with Gasteiger partial charge < -0.3 is 15.5 Å². The number of allylic oxidation sites excluding steroid dienone is 2. The number of aliphatic hydroxyl groups is 2. The molecule has 0 radical (unpaired) electrons. The van der Waals surface area contributed by atoms with Crippen molar-refractivity contribution in [2.24, 2.45) is 0 Å². The minimum atomic E-state index is -0.675. The van der Waals surface area contributed by atoms with Crippen LogP contribution in [0.3, 0.4) is 0 Å². The topological polar surface area (TPSA) is 69.6 Å². The van der Waals surface area contributed by atoms with Crippen LogP contribution in [0.2, 0.25) is 0 Å². The fourth-order valence-electron chi connectivity index (χ4n) is 6.18. The van der Waals surface area contributed by atoms with Gasteiger partial charge in [-0.3, -0.25) is 4.79 Å². The average molecular weight is 622 g/mol. The number of carbonyl (C=O) groups excluding carboxylic acids is 1. The highest BCUT2D eigenvalue weighted by molar-refractivity contribution is 5.76. The number of hydrogen-bond acceptors (Lipinski definition) is 3. The minimum absolute atomic E-state index is 0.0388. The summed E-state index contributed by atoms with van der Waals surface area (Å²) < 4.78 is 0. The Balaban J connectivity index is 3.51. The Labute approximate surface area is 276 Å². The van der Waals surface area contributed by atoms with Crippen LogP contribution in [0.4, 0.5) is 0 Å². The monoisotopic (exact) mass is 622 g/mol. The van der Waals surface area contributed by atoms with Crippen LogP contribution in [0.5, 0.6) is 0 Å². The molecule has 0 heterocycles. The van der Waals surface area contributed by atoms with Crippen molar-refractivity contribution >= 4 is 5.91 Å². The van der Waals surface area contributed by atoms with Crippen LogP contribution in [0.1, 0.15) is 219 Å². The molecule has 4 nitrogen and oxygen atoms in total. The smallest absolute Gasteiger partial charge is 0.220 e. The first-order valence-corrected chi connectivity index (χ1v) is 19.9. The molecule has 262 valence electrons. The van der Waals surface area contributed by atoms with Crippen LogP contribution in [0, 0.1) is 0 Å². The summed E-state index contributed by atoms with van der Waals surface area (Å²) in [6.45, 7) is 4.34. The second-order valence-electron chi connectivity index (χ2n) is 13.7. The fraction of sp³-hybridized carbons (Fsp3) is 0.925. The van der Waals surface area contributed by atoms with E-state index in [0.717, 1.165) is 32.1 Å². The molecule has 3 N–H and O–H groups in total. The van der Waals surface area contributed by atoms with Crippen LogP contribution in [-0.4, -0.2) is 34.9 Å². The maximum Gasteiger partial charge on any atom is 0.220 e. The fourth-order valence-corrected chi connectivity index (χ4v) is 6.18. The third kappa shape index (κ3) is 32.5. The second-order valence-corrected chi connectivity index (χ2v) is 13.7. The molecule has 0 bridgehead atoms. The van der Waals surface area contributed by atoms with Gasteiger partial charge in [-0.1, -0.05) is 187 Å². The highest BCUT2D eigenvalue weighted by atomic mass is 16.3. The average Bonchev–Trinajstić information content (AvgIpc) is 3.03. The van der Waals surface area contributed by atoms with E-state index >= 15 is 0 Å². The van der Waals surface area contributed by atoms with Crippen molar-refractivity contribution in [3.63, 3.8) is 0 Å². The van der Waals surface area contributed by atoms with Crippen LogP contribution >= 0.6 is 0 Å². The Hall–Kier alpha value is -0.870. The summed E-state index contributed by atoms with van der Waals surface area (Å²) in [5.74, 6) is -0.0388. The normalized spacial score (nSPS) is 13.1. The van der Waals surface area contributed by atoms with E-state index in [0.29, 0.717) is 12.8 Å². The van der Waals surface area contributed by atoms with Gasteiger partial charge >= 0.3 is 0 Å². The molecule has 0 saturated heterocycles. The van der Waals surface area contributed by atoms with Gasteiger partial charge in [0.1, 0.15) is 0 Å². The molecule has 0 aromatic rings. The molecule has 0 aliphatic rings. The maximum atomic E-state index is 12.3. The standard InChI is InChI=1S/C40H79NO3/c1-3-5-7-9-11-13-15-17-18-19-20-21-22-23-24-26-28-30-32-34-36-40(44)41-38(37-42)39(43)35-33-31-29-27-25-16-14-12-10-8-6-4-2/h25,27,38-39,42-43H,3-24,26,28-37H2,1-2H3,(H,41,44)/b27-25+/t38-,39+/m0/s1. The number of hydrogen-bond donors (Lipinski definition) is 3. The summed E-state index contributed by atoms with van der Waals surface area (Å²) in [7, 11) is 0. The summed E-state index contributed by atoms with van der Waals surface area (Å²) in [6.07, 6.45) is 44.2. The molecule has 0 aliphatic heterocycles. The van der Waals surface area contributed by atoms with Crippen molar-refractivity contribution in [3.05, 3.63) is 12.2 Å². The predicted octanol–water partition coefficient (Wildman–Crippen LogP) is 11.9. The van der Waals surface area contributed by atoms with Crippen LogP contribution in [0.25, 0.3) is 0 Å². The number of amides is 1. The molecule has 4 heteroatoms. The zero-order valence-electron chi connectivity index (χ0n) is 29.9. The number of unbranched alkanes of at least 4 members (excludes halogenated alkanes) is 27. The number of aliphatic hydroxyl groups excluding tert-OH is 2. The van der Waals surface area contributed by atoms with Crippen molar-refractivity contribution in [2.75, 3.05) is 6.61 Å². The van der Waals surface area contributed by atoms with E-state index in [4.69, 9.17) is 0 Å². The van der Waals surface area contributed by atoms with E-state index in [1.807, 2.05) is 0 Å². The Morgan fingerprint density at radius 3 is 1.25 bits per heavy atom. The molecule has 0 aromatic heterocycles. The van der Waals surface area contributed by atoms with Gasteiger partial charge in [0.05, 0.1) is 18.8 Å². The highest BCUT2D eigenvalue weighted by Crippen LogP contribution is 2.15. The van der Waals surface area contributed by atoms with Crippen molar-refractivity contribution in [1.29, 1.82) is 0 Å². The van der Waals surface area contributed by atoms with Gasteiger partial charge in [-0.2, -0.15) is 0 Å². The van der Waals surface area contributed by atoms with E-state index < -0.39 is 12.1 Å². The zero-order valence-corrected chi connectivity index (χ0v) is 29.9. The van der Waals surface area contributed by atoms with Gasteiger partial charge in [-0.15, -0.1) is 0 Å². The molecule has 0 spiro atoms. The largest absolute Gasteiger partial charge is 0.394 e. The molecule has 0 aliphatic carbocycles. The maximum absolute atomic E-state index is 12.3. The first kappa shape index (κ1) is 43.1. The third-order valence-electron chi connectivity index (χ3n) is 9.28. The van der Waals surface area contributed by atoms with Gasteiger partial charge in [-0.25, -0.2) is 0 Å². The lowest BCUT2D eigenvalue weighted by Crippen LogP contribution is -2.45. The zero-order chi connectivity index (χ0) is 32.2. The number of nitrogens with one attached hydrogen (secondary N) is 1. The Kier molecular flexibility index (Phi) is 35.9. The van der Waals surface area contributed by atoms with Gasteiger partial charge in [-0.05, 0) is 38.5 Å². The summed E-state index contributed by atoms with van der Waals surface area (Å²) >= 11 is 0. The third-order valence-corrected chi connectivity index (χ3v) is 9.28. The second kappa shape index (κ2) is 36.6. The Morgan fingerprint density at radius 2 is 0.864 bits per heavy atom. The summed E-state index contributed by atoms with van der Waals surface area (Å²) in [4.78, 5) is 12.3. The van der Waals surface area contributed by atoms with Crippen molar-refractivity contribution < 1.29 is 15.0 Å².